The summed E-state index contributed by atoms with van der Waals surface area (Å²) in [6.45, 7) is 0. The molecule has 0 amide bonds. The number of aromatic carboxylic acids is 1. The zero-order chi connectivity index (χ0) is 15.2. The van der Waals surface area contributed by atoms with Crippen LogP contribution in [-0.2, 0) is 0 Å². The Morgan fingerprint density at radius 1 is 1.05 bits per heavy atom. The van der Waals surface area contributed by atoms with Crippen molar-refractivity contribution in [2.75, 3.05) is 5.32 Å². The molecule has 0 aliphatic rings. The van der Waals surface area contributed by atoms with Crippen LogP contribution in [0.1, 0.15) is 20.7 Å². The van der Waals surface area contributed by atoms with Crippen molar-refractivity contribution in [2.45, 2.75) is 0 Å². The van der Waals surface area contributed by atoms with E-state index >= 15 is 0 Å². The molecule has 0 unspecified atom stereocenters. The van der Waals surface area contributed by atoms with Crippen LogP contribution in [0.3, 0.4) is 0 Å². The summed E-state index contributed by atoms with van der Waals surface area (Å²) in [5.74, 6) is -1.45. The number of halogens is 1. The van der Waals surface area contributed by atoms with Gasteiger partial charge in [0.25, 0.3) is 0 Å². The second-order valence-corrected chi connectivity index (χ2v) is 5.10. The Bertz CT molecular complexity index is 693. The Kier molecular flexibility index (Phi) is 4.90. The van der Waals surface area contributed by atoms with E-state index in [1.54, 1.807) is 42.5 Å². The molecule has 0 aliphatic heterocycles. The van der Waals surface area contributed by atoms with Crippen LogP contribution in [0.25, 0.3) is 0 Å². The molecule has 0 atom stereocenters. The van der Waals surface area contributed by atoms with E-state index in [4.69, 9.17) is 0 Å². The highest BCUT2D eigenvalue weighted by Gasteiger charge is 2.02. The normalized spacial score (nSPS) is 10.5. The summed E-state index contributed by atoms with van der Waals surface area (Å²) in [5, 5.41) is 13.7. The number of carbonyl (C=O) groups excluding carboxylic acids is 2. The minimum atomic E-state index is -1.27. The number of carboxylic acid groups (broad SMARTS) is 1. The molecule has 2 rings (SSSR count). The Morgan fingerprint density at radius 3 is 2.38 bits per heavy atom. The van der Waals surface area contributed by atoms with E-state index in [2.05, 4.69) is 21.2 Å². The molecule has 106 valence electrons. The van der Waals surface area contributed by atoms with Crippen LogP contribution in [0.4, 0.5) is 5.69 Å². The third kappa shape index (κ3) is 4.03. The molecule has 0 heterocycles. The van der Waals surface area contributed by atoms with Gasteiger partial charge < -0.3 is 15.2 Å². The Morgan fingerprint density at radius 2 is 1.71 bits per heavy atom. The molecule has 2 aromatic rings. The van der Waals surface area contributed by atoms with E-state index in [9.17, 15) is 14.7 Å². The molecule has 4 nitrogen and oxygen atoms in total. The number of allylic oxidation sites excluding steroid dienone is 1. The second-order valence-electron chi connectivity index (χ2n) is 4.18. The van der Waals surface area contributed by atoms with Crippen molar-refractivity contribution in [3.63, 3.8) is 0 Å². The van der Waals surface area contributed by atoms with Gasteiger partial charge in [0.2, 0.25) is 0 Å². The highest BCUT2D eigenvalue weighted by molar-refractivity contribution is 9.10. The van der Waals surface area contributed by atoms with Gasteiger partial charge in [0, 0.05) is 33.6 Å². The average molecular weight is 345 g/mol. The first-order valence-corrected chi connectivity index (χ1v) is 6.90. The fraction of sp³-hybridized carbons (Fsp3) is 0. The number of benzene rings is 2. The van der Waals surface area contributed by atoms with Crippen LogP contribution in [0.5, 0.6) is 0 Å². The van der Waals surface area contributed by atoms with Crippen LogP contribution in [0, 0.1) is 0 Å². The van der Waals surface area contributed by atoms with Crippen LogP contribution in [0.2, 0.25) is 0 Å². The first kappa shape index (κ1) is 15.0. The lowest BCUT2D eigenvalue weighted by atomic mass is 10.1. The predicted octanol–water partition coefficient (Wildman–Crippen LogP) is 2.62. The van der Waals surface area contributed by atoms with Crippen molar-refractivity contribution in [1.29, 1.82) is 0 Å². The molecule has 0 saturated carbocycles. The van der Waals surface area contributed by atoms with Crippen LogP contribution in [0.15, 0.2) is 65.3 Å². The quantitative estimate of drug-likeness (QED) is 0.668. The zero-order valence-electron chi connectivity index (χ0n) is 10.9. The first-order valence-electron chi connectivity index (χ1n) is 6.11. The number of rotatable bonds is 5. The lowest BCUT2D eigenvalue weighted by Gasteiger charge is -2.09. The number of hydrogen-bond donors (Lipinski definition) is 1. The minimum Gasteiger partial charge on any atom is -0.545 e. The number of anilines is 1. The Hall–Kier alpha value is -2.40. The number of carbonyl (C=O) groups is 2. The molecular formula is C16H11BrNO3-. The number of para-hydroxylation sites is 1. The standard InChI is InChI=1S/C16H12BrNO3/c17-12-7-5-11(6-8-12)15(19)9-10-18-14-4-2-1-3-13(14)16(20)21/h1-10,18H,(H,20,21)/p-1/b10-9+. The largest absolute Gasteiger partial charge is 0.545 e. The van der Waals surface area contributed by atoms with Gasteiger partial charge in [-0.2, -0.15) is 0 Å². The van der Waals surface area contributed by atoms with Crippen molar-refractivity contribution in [1.82, 2.24) is 0 Å². The number of ketones is 1. The molecule has 0 fully saturated rings. The fourth-order valence-electron chi connectivity index (χ4n) is 1.70. The third-order valence-electron chi connectivity index (χ3n) is 2.75. The van der Waals surface area contributed by atoms with E-state index < -0.39 is 5.97 Å². The molecule has 0 spiro atoms. The van der Waals surface area contributed by atoms with Gasteiger partial charge in [0.1, 0.15) is 0 Å². The maximum Gasteiger partial charge on any atom is 0.187 e. The van der Waals surface area contributed by atoms with Crippen molar-refractivity contribution < 1.29 is 14.7 Å². The van der Waals surface area contributed by atoms with Crippen molar-refractivity contribution in [2.24, 2.45) is 0 Å². The highest BCUT2D eigenvalue weighted by atomic mass is 79.9. The molecule has 0 radical (unpaired) electrons. The predicted molar refractivity (Wildman–Crippen MR) is 82.0 cm³/mol. The minimum absolute atomic E-state index is 0.0400. The van der Waals surface area contributed by atoms with Crippen LogP contribution < -0.4 is 10.4 Å². The van der Waals surface area contributed by atoms with Crippen LogP contribution in [-0.4, -0.2) is 11.8 Å². The van der Waals surface area contributed by atoms with E-state index in [-0.39, 0.29) is 11.3 Å². The summed E-state index contributed by atoms with van der Waals surface area (Å²) >= 11 is 3.30. The van der Waals surface area contributed by atoms with Gasteiger partial charge >= 0.3 is 0 Å². The molecule has 0 aliphatic carbocycles. The molecule has 5 heteroatoms. The van der Waals surface area contributed by atoms with E-state index in [1.165, 1.54) is 18.3 Å². The third-order valence-corrected chi connectivity index (χ3v) is 3.28. The molecule has 0 aromatic heterocycles. The summed E-state index contributed by atoms with van der Waals surface area (Å²) in [6.07, 6.45) is 2.75. The molecule has 2 aromatic carbocycles. The van der Waals surface area contributed by atoms with E-state index in [0.717, 1.165) is 4.47 Å². The van der Waals surface area contributed by atoms with Gasteiger partial charge in [-0.05, 0) is 30.3 Å². The Labute approximate surface area is 130 Å². The summed E-state index contributed by atoms with van der Waals surface area (Å²) in [5.41, 5.74) is 0.958. The average Bonchev–Trinajstić information content (AvgIpc) is 2.48. The smallest absolute Gasteiger partial charge is 0.187 e. The van der Waals surface area contributed by atoms with Crippen LogP contribution >= 0.6 is 15.9 Å². The van der Waals surface area contributed by atoms with Gasteiger partial charge in [-0.3, -0.25) is 4.79 Å². The van der Waals surface area contributed by atoms with E-state index in [1.807, 2.05) is 0 Å². The first-order chi connectivity index (χ1) is 10.1. The monoisotopic (exact) mass is 344 g/mol. The van der Waals surface area contributed by atoms with Crippen molar-refractivity contribution >= 4 is 33.4 Å². The molecule has 0 bridgehead atoms. The van der Waals surface area contributed by atoms with Gasteiger partial charge in [-0.15, -0.1) is 0 Å². The molecule has 0 saturated heterocycles. The molecule has 21 heavy (non-hydrogen) atoms. The highest BCUT2D eigenvalue weighted by Crippen LogP contribution is 2.14. The zero-order valence-corrected chi connectivity index (χ0v) is 12.5. The summed E-state index contributed by atoms with van der Waals surface area (Å²) in [4.78, 5) is 22.8. The fourth-order valence-corrected chi connectivity index (χ4v) is 1.97. The van der Waals surface area contributed by atoms with Crippen molar-refractivity contribution in [3.8, 4) is 0 Å². The van der Waals surface area contributed by atoms with Gasteiger partial charge in [0.05, 0.1) is 5.97 Å². The maximum absolute atomic E-state index is 11.9. The van der Waals surface area contributed by atoms with Gasteiger partial charge in [0.15, 0.2) is 5.78 Å². The topological polar surface area (TPSA) is 69.2 Å². The van der Waals surface area contributed by atoms with E-state index in [0.29, 0.717) is 11.3 Å². The number of hydrogen-bond acceptors (Lipinski definition) is 4. The number of carboxylic acids is 1. The summed E-state index contributed by atoms with van der Waals surface area (Å²) < 4.78 is 0.893. The molecule has 1 N–H and O–H groups in total. The van der Waals surface area contributed by atoms with Crippen molar-refractivity contribution in [3.05, 3.63) is 76.4 Å². The summed E-state index contributed by atoms with van der Waals surface area (Å²) in [6, 6.07) is 13.3. The Balaban J connectivity index is 2.07. The lowest BCUT2D eigenvalue weighted by Crippen LogP contribution is -2.23. The van der Waals surface area contributed by atoms with Gasteiger partial charge in [-0.25, -0.2) is 0 Å². The molecular weight excluding hydrogens is 334 g/mol. The lowest BCUT2D eigenvalue weighted by molar-refractivity contribution is -0.254. The summed E-state index contributed by atoms with van der Waals surface area (Å²) in [7, 11) is 0. The number of nitrogens with one attached hydrogen (secondary N) is 1. The SMILES string of the molecule is O=C(/C=C/Nc1ccccc1C(=O)[O-])c1ccc(Br)cc1. The second kappa shape index (κ2) is 6.85. The maximum atomic E-state index is 11.9. The van der Waals surface area contributed by atoms with Gasteiger partial charge in [-0.1, -0.05) is 34.1 Å².